The Balaban J connectivity index is 1.64. The Morgan fingerprint density at radius 3 is 2.70 bits per heavy atom. The lowest BCUT2D eigenvalue weighted by Gasteiger charge is -2.06. The van der Waals surface area contributed by atoms with Crippen molar-refractivity contribution in [3.05, 3.63) is 87.0 Å². The van der Waals surface area contributed by atoms with Gasteiger partial charge < -0.3 is 10.3 Å². The van der Waals surface area contributed by atoms with Gasteiger partial charge in [0.1, 0.15) is 5.82 Å². The maximum absolute atomic E-state index is 12.9. The number of halogens is 2. The Kier molecular flexibility index (Phi) is 6.26. The standard InChI is InChI=1S/C19H15ClFN3O2S/c20-13-3-1-2-12(8-13)11-27-19-23-16(10-18(26)24-19)9-17(25)22-15-6-4-14(21)5-7-15/h1-8,10H,9,11H2,(H,22,25)(H,23,24,26). The van der Waals surface area contributed by atoms with Crippen molar-refractivity contribution in [1.29, 1.82) is 0 Å². The number of nitrogens with zero attached hydrogens (tertiary/aromatic N) is 1. The summed E-state index contributed by atoms with van der Waals surface area (Å²) >= 11 is 7.31. The molecule has 138 valence electrons. The summed E-state index contributed by atoms with van der Waals surface area (Å²) in [5.74, 6) is -0.148. The van der Waals surface area contributed by atoms with Gasteiger partial charge >= 0.3 is 0 Å². The van der Waals surface area contributed by atoms with Gasteiger partial charge in [0.25, 0.3) is 5.56 Å². The molecule has 0 atom stereocenters. The number of rotatable bonds is 6. The molecule has 0 fully saturated rings. The summed E-state index contributed by atoms with van der Waals surface area (Å²) in [5.41, 5.74) is 1.49. The molecule has 0 saturated carbocycles. The first-order valence-corrected chi connectivity index (χ1v) is 9.37. The molecule has 3 rings (SSSR count). The third kappa shape index (κ3) is 5.94. The third-order valence-corrected chi connectivity index (χ3v) is 4.69. The quantitative estimate of drug-likeness (QED) is 0.481. The zero-order chi connectivity index (χ0) is 19.2. The highest BCUT2D eigenvalue weighted by molar-refractivity contribution is 7.98. The monoisotopic (exact) mass is 403 g/mol. The molecule has 0 spiro atoms. The minimum absolute atomic E-state index is 0.0635. The molecule has 2 N–H and O–H groups in total. The van der Waals surface area contributed by atoms with E-state index in [4.69, 9.17) is 11.6 Å². The molecular formula is C19H15ClFN3O2S. The predicted octanol–water partition coefficient (Wildman–Crippen LogP) is 4.04. The highest BCUT2D eigenvalue weighted by atomic mass is 35.5. The molecule has 8 heteroatoms. The smallest absolute Gasteiger partial charge is 0.251 e. The SMILES string of the molecule is O=C(Cc1cc(=O)[nH]c(SCc2cccc(Cl)c2)n1)Nc1ccc(F)cc1. The lowest BCUT2D eigenvalue weighted by Crippen LogP contribution is -2.18. The van der Waals surface area contributed by atoms with Crippen molar-refractivity contribution >= 4 is 35.0 Å². The summed E-state index contributed by atoms with van der Waals surface area (Å²) in [6, 6.07) is 14.1. The van der Waals surface area contributed by atoms with Gasteiger partial charge in [0.2, 0.25) is 5.91 Å². The average molecular weight is 404 g/mol. The van der Waals surface area contributed by atoms with Gasteiger partial charge in [0.15, 0.2) is 5.16 Å². The molecule has 0 aliphatic carbocycles. The normalized spacial score (nSPS) is 10.6. The number of aromatic nitrogens is 2. The van der Waals surface area contributed by atoms with Crippen molar-refractivity contribution in [3.8, 4) is 0 Å². The van der Waals surface area contributed by atoms with Gasteiger partial charge in [-0.15, -0.1) is 0 Å². The number of hydrogen-bond acceptors (Lipinski definition) is 4. The maximum Gasteiger partial charge on any atom is 0.251 e. The predicted molar refractivity (Wildman–Crippen MR) is 105 cm³/mol. The minimum Gasteiger partial charge on any atom is -0.326 e. The van der Waals surface area contributed by atoms with Gasteiger partial charge in [-0.3, -0.25) is 9.59 Å². The molecule has 1 heterocycles. The van der Waals surface area contributed by atoms with E-state index in [0.29, 0.717) is 27.3 Å². The van der Waals surface area contributed by atoms with E-state index in [1.807, 2.05) is 18.2 Å². The Labute approximate surface area is 164 Å². The Hall–Kier alpha value is -2.64. The van der Waals surface area contributed by atoms with Gasteiger partial charge in [-0.1, -0.05) is 35.5 Å². The number of thioether (sulfide) groups is 1. The van der Waals surface area contributed by atoms with Crippen LogP contribution in [0.3, 0.4) is 0 Å². The van der Waals surface area contributed by atoms with Crippen LogP contribution in [0, 0.1) is 5.82 Å². The number of H-pyrrole nitrogens is 1. The largest absolute Gasteiger partial charge is 0.326 e. The Morgan fingerprint density at radius 2 is 1.96 bits per heavy atom. The van der Waals surface area contributed by atoms with E-state index >= 15 is 0 Å². The first-order valence-electron chi connectivity index (χ1n) is 8.01. The van der Waals surface area contributed by atoms with Crippen molar-refractivity contribution in [2.24, 2.45) is 0 Å². The molecule has 0 aliphatic heterocycles. The zero-order valence-electron chi connectivity index (χ0n) is 14.0. The van der Waals surface area contributed by atoms with E-state index in [9.17, 15) is 14.0 Å². The Morgan fingerprint density at radius 1 is 1.19 bits per heavy atom. The lowest BCUT2D eigenvalue weighted by molar-refractivity contribution is -0.115. The summed E-state index contributed by atoms with van der Waals surface area (Å²) < 4.78 is 12.9. The molecule has 0 aliphatic rings. The van der Waals surface area contributed by atoms with E-state index in [0.717, 1.165) is 5.56 Å². The molecule has 2 aromatic carbocycles. The lowest BCUT2D eigenvalue weighted by atomic mass is 10.2. The molecule has 1 amide bonds. The van der Waals surface area contributed by atoms with Crippen LogP contribution in [-0.4, -0.2) is 15.9 Å². The number of carbonyl (C=O) groups excluding carboxylic acids is 1. The van der Waals surface area contributed by atoms with Crippen molar-refractivity contribution in [2.75, 3.05) is 5.32 Å². The molecule has 3 aromatic rings. The van der Waals surface area contributed by atoms with Gasteiger partial charge in [-0.2, -0.15) is 0 Å². The van der Waals surface area contributed by atoms with Crippen LogP contribution in [0.2, 0.25) is 5.02 Å². The maximum atomic E-state index is 12.9. The molecule has 0 radical (unpaired) electrons. The molecule has 0 unspecified atom stereocenters. The van der Waals surface area contributed by atoms with Gasteiger partial charge in [0.05, 0.1) is 12.1 Å². The summed E-state index contributed by atoms with van der Waals surface area (Å²) in [6.07, 6.45) is -0.0635. The fraction of sp³-hybridized carbons (Fsp3) is 0.105. The van der Waals surface area contributed by atoms with Crippen molar-refractivity contribution in [1.82, 2.24) is 9.97 Å². The number of aromatic amines is 1. The second-order valence-electron chi connectivity index (χ2n) is 5.69. The Bertz CT molecular complexity index is 1010. The van der Waals surface area contributed by atoms with Crippen LogP contribution < -0.4 is 10.9 Å². The van der Waals surface area contributed by atoms with Gasteiger partial charge in [-0.25, -0.2) is 9.37 Å². The summed E-state index contributed by atoms with van der Waals surface area (Å²) in [7, 11) is 0. The molecule has 27 heavy (non-hydrogen) atoms. The molecule has 0 saturated heterocycles. The fourth-order valence-corrected chi connectivity index (χ4v) is 3.37. The van der Waals surface area contributed by atoms with Crippen LogP contribution in [0.1, 0.15) is 11.3 Å². The van der Waals surface area contributed by atoms with Crippen LogP contribution in [0.25, 0.3) is 0 Å². The third-order valence-electron chi connectivity index (χ3n) is 3.51. The number of hydrogen-bond donors (Lipinski definition) is 2. The van der Waals surface area contributed by atoms with Crippen molar-refractivity contribution in [3.63, 3.8) is 0 Å². The molecule has 5 nitrogen and oxygen atoms in total. The van der Waals surface area contributed by atoms with Gasteiger partial charge in [0, 0.05) is 22.5 Å². The van der Waals surface area contributed by atoms with Crippen LogP contribution in [-0.2, 0) is 17.0 Å². The van der Waals surface area contributed by atoms with Crippen LogP contribution in [0.4, 0.5) is 10.1 Å². The van der Waals surface area contributed by atoms with Crippen LogP contribution in [0.15, 0.2) is 64.5 Å². The highest BCUT2D eigenvalue weighted by Crippen LogP contribution is 2.20. The number of carbonyl (C=O) groups is 1. The number of anilines is 1. The zero-order valence-corrected chi connectivity index (χ0v) is 15.6. The van der Waals surface area contributed by atoms with E-state index in [-0.39, 0.29) is 23.7 Å². The van der Waals surface area contributed by atoms with E-state index in [2.05, 4.69) is 15.3 Å². The van der Waals surface area contributed by atoms with Crippen LogP contribution in [0.5, 0.6) is 0 Å². The second kappa shape index (κ2) is 8.83. The van der Waals surface area contributed by atoms with E-state index in [1.54, 1.807) is 6.07 Å². The minimum atomic E-state index is -0.384. The average Bonchev–Trinajstić information content (AvgIpc) is 2.61. The van der Waals surface area contributed by atoms with Crippen molar-refractivity contribution in [2.45, 2.75) is 17.3 Å². The molecular weight excluding hydrogens is 389 g/mol. The first-order chi connectivity index (χ1) is 13.0. The topological polar surface area (TPSA) is 74.8 Å². The van der Waals surface area contributed by atoms with E-state index in [1.165, 1.54) is 42.1 Å². The number of nitrogens with one attached hydrogen (secondary N) is 2. The number of benzene rings is 2. The van der Waals surface area contributed by atoms with Crippen molar-refractivity contribution < 1.29 is 9.18 Å². The summed E-state index contributed by atoms with van der Waals surface area (Å²) in [6.45, 7) is 0. The molecule has 0 bridgehead atoms. The molecule has 1 aromatic heterocycles. The summed E-state index contributed by atoms with van der Waals surface area (Å²) in [5, 5.41) is 3.70. The summed E-state index contributed by atoms with van der Waals surface area (Å²) in [4.78, 5) is 31.0. The highest BCUT2D eigenvalue weighted by Gasteiger charge is 2.09. The fourth-order valence-electron chi connectivity index (χ4n) is 2.32. The first kappa shape index (κ1) is 19.1. The number of amides is 1. The second-order valence-corrected chi connectivity index (χ2v) is 7.09. The van der Waals surface area contributed by atoms with E-state index < -0.39 is 0 Å². The van der Waals surface area contributed by atoms with Gasteiger partial charge in [-0.05, 0) is 42.0 Å². The van der Waals surface area contributed by atoms with Crippen LogP contribution >= 0.6 is 23.4 Å².